The maximum absolute atomic E-state index is 11.6. The maximum Gasteiger partial charge on any atom is 0.241 e. The van der Waals surface area contributed by atoms with Crippen LogP contribution in [0.15, 0.2) is 0 Å². The monoisotopic (exact) mass is 228 g/mol. The first-order valence-electron chi connectivity index (χ1n) is 5.35. The molecule has 0 aliphatic carbocycles. The Kier molecular flexibility index (Phi) is 6.37. The van der Waals surface area contributed by atoms with Gasteiger partial charge in [-0.15, -0.1) is 0 Å². The van der Waals surface area contributed by atoms with E-state index in [9.17, 15) is 14.4 Å². The predicted molar refractivity (Wildman–Crippen MR) is 60.9 cm³/mol. The molecule has 0 aliphatic rings. The molecule has 0 bridgehead atoms. The summed E-state index contributed by atoms with van der Waals surface area (Å²) in [4.78, 5) is 36.8. The average molecular weight is 228 g/mol. The van der Waals surface area contributed by atoms with Crippen molar-refractivity contribution in [1.82, 2.24) is 9.80 Å². The minimum Gasteiger partial charge on any atom is -0.347 e. The van der Waals surface area contributed by atoms with Crippen LogP contribution in [-0.2, 0) is 14.4 Å². The number of Topliss-reactive ketones (excluding diaryl/α,β-unsaturated/α-hetero) is 1. The van der Waals surface area contributed by atoms with Gasteiger partial charge in [-0.05, 0) is 13.3 Å². The van der Waals surface area contributed by atoms with Gasteiger partial charge in [0.25, 0.3) is 0 Å². The van der Waals surface area contributed by atoms with E-state index in [0.29, 0.717) is 6.54 Å². The van der Waals surface area contributed by atoms with Crippen molar-refractivity contribution in [3.05, 3.63) is 0 Å². The molecule has 0 aliphatic heterocycles. The quantitative estimate of drug-likeness (QED) is 0.614. The van der Waals surface area contributed by atoms with Crippen molar-refractivity contribution in [2.45, 2.75) is 26.7 Å². The molecule has 0 saturated heterocycles. The van der Waals surface area contributed by atoms with E-state index >= 15 is 0 Å². The van der Waals surface area contributed by atoms with Crippen LogP contribution in [-0.4, -0.2) is 54.6 Å². The lowest BCUT2D eigenvalue weighted by Gasteiger charge is -2.22. The predicted octanol–water partition coefficient (Wildman–Crippen LogP) is 0.292. The van der Waals surface area contributed by atoms with Gasteiger partial charge < -0.3 is 9.80 Å². The number of carbonyl (C=O) groups excluding carboxylic acids is 3. The fraction of sp³-hybridized carbons (Fsp3) is 0.727. The van der Waals surface area contributed by atoms with E-state index in [1.165, 1.54) is 16.7 Å². The second-order valence-electron chi connectivity index (χ2n) is 3.98. The molecule has 0 aromatic heterocycles. The Balaban J connectivity index is 4.42. The number of rotatable bonds is 6. The van der Waals surface area contributed by atoms with Gasteiger partial charge in [-0.2, -0.15) is 0 Å². The van der Waals surface area contributed by atoms with Crippen LogP contribution in [0.2, 0.25) is 0 Å². The average Bonchev–Trinajstić information content (AvgIpc) is 2.15. The Hall–Kier alpha value is -1.39. The Labute approximate surface area is 96.4 Å². The molecule has 5 nitrogen and oxygen atoms in total. The SMILES string of the molecule is CCCN(CC(=O)N(C)C)C(=O)CC(C)=O. The smallest absolute Gasteiger partial charge is 0.241 e. The highest BCUT2D eigenvalue weighted by atomic mass is 16.2. The lowest BCUT2D eigenvalue weighted by atomic mass is 10.2. The van der Waals surface area contributed by atoms with E-state index < -0.39 is 0 Å². The topological polar surface area (TPSA) is 57.7 Å². The van der Waals surface area contributed by atoms with Crippen molar-refractivity contribution in [2.75, 3.05) is 27.2 Å². The number of carbonyl (C=O) groups is 3. The minimum atomic E-state index is -0.274. The molecule has 0 rings (SSSR count). The zero-order valence-corrected chi connectivity index (χ0v) is 10.4. The number of likely N-dealkylation sites (N-methyl/N-ethyl adjacent to an activating group) is 1. The van der Waals surface area contributed by atoms with Crippen LogP contribution in [0.1, 0.15) is 26.7 Å². The van der Waals surface area contributed by atoms with Gasteiger partial charge in [0.05, 0.1) is 13.0 Å². The lowest BCUT2D eigenvalue weighted by Crippen LogP contribution is -2.41. The zero-order valence-electron chi connectivity index (χ0n) is 10.4. The first-order chi connectivity index (χ1) is 7.38. The summed E-state index contributed by atoms with van der Waals surface area (Å²) < 4.78 is 0. The van der Waals surface area contributed by atoms with Crippen molar-refractivity contribution < 1.29 is 14.4 Å². The molecular weight excluding hydrogens is 208 g/mol. The highest BCUT2D eigenvalue weighted by molar-refractivity contribution is 5.98. The third-order valence-corrected chi connectivity index (χ3v) is 2.07. The Bertz CT molecular complexity index is 274. The van der Waals surface area contributed by atoms with Crippen LogP contribution in [0.25, 0.3) is 0 Å². The fourth-order valence-electron chi connectivity index (χ4n) is 1.19. The second-order valence-corrected chi connectivity index (χ2v) is 3.98. The van der Waals surface area contributed by atoms with Gasteiger partial charge in [-0.25, -0.2) is 0 Å². The first-order valence-corrected chi connectivity index (χ1v) is 5.35. The van der Waals surface area contributed by atoms with Crippen molar-refractivity contribution in [1.29, 1.82) is 0 Å². The van der Waals surface area contributed by atoms with Crippen LogP contribution >= 0.6 is 0 Å². The van der Waals surface area contributed by atoms with Crippen LogP contribution in [0.5, 0.6) is 0 Å². The number of ketones is 1. The van der Waals surface area contributed by atoms with E-state index in [0.717, 1.165) is 6.42 Å². The highest BCUT2D eigenvalue weighted by Crippen LogP contribution is 1.98. The zero-order chi connectivity index (χ0) is 12.7. The van der Waals surface area contributed by atoms with Crippen LogP contribution < -0.4 is 0 Å². The summed E-state index contributed by atoms with van der Waals surface area (Å²) in [6.07, 6.45) is 0.644. The number of hydrogen-bond donors (Lipinski definition) is 0. The minimum absolute atomic E-state index is 0.0486. The molecule has 5 heteroatoms. The molecule has 0 saturated carbocycles. The molecule has 0 aromatic rings. The van der Waals surface area contributed by atoms with Gasteiger partial charge in [-0.3, -0.25) is 14.4 Å². The van der Waals surface area contributed by atoms with E-state index in [4.69, 9.17) is 0 Å². The number of hydrogen-bond acceptors (Lipinski definition) is 3. The van der Waals surface area contributed by atoms with Crippen molar-refractivity contribution in [3.8, 4) is 0 Å². The standard InChI is InChI=1S/C11H20N2O3/c1-5-6-13(8-11(16)12(3)4)10(15)7-9(2)14/h5-8H2,1-4H3. The molecule has 16 heavy (non-hydrogen) atoms. The summed E-state index contributed by atoms with van der Waals surface area (Å²) in [6, 6.07) is 0. The molecule has 0 heterocycles. The first kappa shape index (κ1) is 14.6. The van der Waals surface area contributed by atoms with Crippen molar-refractivity contribution in [2.24, 2.45) is 0 Å². The normalized spacial score (nSPS) is 9.75. The van der Waals surface area contributed by atoms with Crippen LogP contribution in [0.4, 0.5) is 0 Å². The molecule has 2 amide bonds. The van der Waals surface area contributed by atoms with Gasteiger partial charge in [0.2, 0.25) is 11.8 Å². The van der Waals surface area contributed by atoms with Crippen LogP contribution in [0.3, 0.4) is 0 Å². The molecule has 0 unspecified atom stereocenters. The van der Waals surface area contributed by atoms with Gasteiger partial charge >= 0.3 is 0 Å². The highest BCUT2D eigenvalue weighted by Gasteiger charge is 2.18. The molecule has 0 aromatic carbocycles. The molecule has 0 atom stereocenters. The van der Waals surface area contributed by atoms with E-state index in [-0.39, 0.29) is 30.6 Å². The third-order valence-electron chi connectivity index (χ3n) is 2.07. The Morgan fingerprint density at radius 1 is 1.06 bits per heavy atom. The number of nitrogens with zero attached hydrogens (tertiary/aromatic N) is 2. The largest absolute Gasteiger partial charge is 0.347 e. The number of amides is 2. The molecule has 0 radical (unpaired) electrons. The third kappa shape index (κ3) is 5.48. The van der Waals surface area contributed by atoms with E-state index in [2.05, 4.69) is 0 Å². The van der Waals surface area contributed by atoms with Crippen LogP contribution in [0, 0.1) is 0 Å². The van der Waals surface area contributed by atoms with Gasteiger partial charge in [-0.1, -0.05) is 6.92 Å². The fourth-order valence-corrected chi connectivity index (χ4v) is 1.19. The summed E-state index contributed by atoms with van der Waals surface area (Å²) >= 11 is 0. The Morgan fingerprint density at radius 2 is 1.62 bits per heavy atom. The van der Waals surface area contributed by atoms with Gasteiger partial charge in [0.15, 0.2) is 0 Å². The Morgan fingerprint density at radius 3 is 2.00 bits per heavy atom. The summed E-state index contributed by atoms with van der Waals surface area (Å²) in [7, 11) is 3.28. The molecule has 0 N–H and O–H groups in total. The van der Waals surface area contributed by atoms with Crippen molar-refractivity contribution in [3.63, 3.8) is 0 Å². The van der Waals surface area contributed by atoms with Crippen molar-refractivity contribution >= 4 is 17.6 Å². The summed E-state index contributed by atoms with van der Waals surface area (Å²) in [5.41, 5.74) is 0. The molecule has 0 spiro atoms. The van der Waals surface area contributed by atoms with E-state index in [1.807, 2.05) is 6.92 Å². The summed E-state index contributed by atoms with van der Waals surface area (Å²) in [5, 5.41) is 0. The second kappa shape index (κ2) is 6.98. The van der Waals surface area contributed by atoms with E-state index in [1.54, 1.807) is 14.1 Å². The van der Waals surface area contributed by atoms with Gasteiger partial charge in [0, 0.05) is 20.6 Å². The molecular formula is C11H20N2O3. The summed E-state index contributed by atoms with van der Waals surface area (Å²) in [6.45, 7) is 3.85. The van der Waals surface area contributed by atoms with Gasteiger partial charge in [0.1, 0.15) is 5.78 Å². The lowest BCUT2D eigenvalue weighted by molar-refractivity contribution is -0.141. The molecule has 92 valence electrons. The maximum atomic E-state index is 11.6. The molecule has 0 fully saturated rings. The summed E-state index contributed by atoms with van der Waals surface area (Å²) in [5.74, 6) is -0.585.